The summed E-state index contributed by atoms with van der Waals surface area (Å²) in [6, 6.07) is 13.3. The van der Waals surface area contributed by atoms with Crippen LogP contribution in [0.4, 0.5) is 13.2 Å². The van der Waals surface area contributed by atoms with Crippen LogP contribution in [0.25, 0.3) is 0 Å². The molecule has 5 rings (SSSR count). The first kappa shape index (κ1) is 27.3. The molecule has 2 aromatic heterocycles. The van der Waals surface area contributed by atoms with Crippen LogP contribution in [0.3, 0.4) is 0 Å². The first-order valence-corrected chi connectivity index (χ1v) is 12.9. The number of rotatable bonds is 5. The van der Waals surface area contributed by atoms with Crippen molar-refractivity contribution >= 4 is 0 Å². The third-order valence-electron chi connectivity index (χ3n) is 8.25. The van der Waals surface area contributed by atoms with E-state index >= 15 is 0 Å². The molecule has 204 valence electrons. The highest BCUT2D eigenvalue weighted by Gasteiger charge is 2.64. The van der Waals surface area contributed by atoms with Crippen molar-refractivity contribution in [2.24, 2.45) is 5.41 Å². The third-order valence-corrected chi connectivity index (χ3v) is 8.25. The SMILES string of the molecule is Cc1cccc(C(C)(O)C#Cc2cncc(C(O)(c3ccc(C4(C(F)(F)F)CC4)cc3)C3(C)CN(C)C3)c2)n1. The highest BCUT2D eigenvalue weighted by Crippen LogP contribution is 2.59. The number of aromatic nitrogens is 2. The quantitative estimate of drug-likeness (QED) is 0.459. The van der Waals surface area contributed by atoms with Gasteiger partial charge in [-0.2, -0.15) is 13.2 Å². The molecule has 0 spiro atoms. The van der Waals surface area contributed by atoms with Crippen LogP contribution in [-0.4, -0.2) is 51.4 Å². The summed E-state index contributed by atoms with van der Waals surface area (Å²) in [5.74, 6) is 5.83. The highest BCUT2D eigenvalue weighted by molar-refractivity contribution is 5.46. The lowest BCUT2D eigenvalue weighted by Gasteiger charge is -2.55. The van der Waals surface area contributed by atoms with Crippen molar-refractivity contribution in [3.8, 4) is 11.8 Å². The molecule has 2 N–H and O–H groups in total. The highest BCUT2D eigenvalue weighted by atomic mass is 19.4. The maximum atomic E-state index is 13.7. The van der Waals surface area contributed by atoms with Gasteiger partial charge in [0.1, 0.15) is 5.60 Å². The van der Waals surface area contributed by atoms with Gasteiger partial charge in [0.15, 0.2) is 5.60 Å². The van der Waals surface area contributed by atoms with Gasteiger partial charge >= 0.3 is 6.18 Å². The minimum atomic E-state index is -4.31. The largest absolute Gasteiger partial charge is 0.398 e. The van der Waals surface area contributed by atoms with Crippen molar-refractivity contribution in [2.75, 3.05) is 20.1 Å². The van der Waals surface area contributed by atoms with Crippen LogP contribution in [0, 0.1) is 24.2 Å². The Kier molecular flexibility index (Phi) is 6.41. The van der Waals surface area contributed by atoms with Gasteiger partial charge in [0.05, 0.1) is 11.1 Å². The normalized spacial score (nSPS) is 21.1. The Balaban J connectivity index is 1.53. The van der Waals surface area contributed by atoms with E-state index in [4.69, 9.17) is 0 Å². The van der Waals surface area contributed by atoms with Crippen LogP contribution >= 0.6 is 0 Å². The van der Waals surface area contributed by atoms with Crippen molar-refractivity contribution in [1.29, 1.82) is 0 Å². The van der Waals surface area contributed by atoms with Crippen LogP contribution in [-0.2, 0) is 16.6 Å². The average molecular weight is 536 g/mol. The summed E-state index contributed by atoms with van der Waals surface area (Å²) in [4.78, 5) is 10.8. The van der Waals surface area contributed by atoms with Crippen LogP contribution in [0.5, 0.6) is 0 Å². The van der Waals surface area contributed by atoms with Crippen molar-refractivity contribution < 1.29 is 23.4 Å². The Labute approximate surface area is 226 Å². The Morgan fingerprint density at radius 1 is 0.974 bits per heavy atom. The first-order valence-electron chi connectivity index (χ1n) is 12.9. The number of likely N-dealkylation sites (tertiary alicyclic amines) is 1. The minimum absolute atomic E-state index is 0.0785. The predicted molar refractivity (Wildman–Crippen MR) is 142 cm³/mol. The molecule has 1 saturated heterocycles. The van der Waals surface area contributed by atoms with E-state index in [0.717, 1.165) is 5.69 Å². The maximum Gasteiger partial charge on any atom is 0.398 e. The second-order valence-electron chi connectivity index (χ2n) is 11.5. The van der Waals surface area contributed by atoms with Gasteiger partial charge in [0.2, 0.25) is 0 Å². The van der Waals surface area contributed by atoms with E-state index in [0.29, 0.717) is 35.5 Å². The monoisotopic (exact) mass is 535 g/mol. The summed E-state index contributed by atoms with van der Waals surface area (Å²) in [6.45, 7) is 6.53. The van der Waals surface area contributed by atoms with Gasteiger partial charge in [-0.1, -0.05) is 49.1 Å². The van der Waals surface area contributed by atoms with Crippen LogP contribution < -0.4 is 0 Å². The van der Waals surface area contributed by atoms with E-state index in [1.54, 1.807) is 49.6 Å². The molecular formula is C31H32F3N3O2. The van der Waals surface area contributed by atoms with Crippen molar-refractivity contribution in [3.05, 3.63) is 94.6 Å². The molecule has 8 heteroatoms. The molecule has 2 atom stereocenters. The third kappa shape index (κ3) is 4.63. The molecule has 1 aromatic carbocycles. The number of alkyl halides is 3. The molecule has 0 radical (unpaired) electrons. The fraction of sp³-hybridized carbons (Fsp3) is 0.419. The molecule has 1 saturated carbocycles. The lowest BCUT2D eigenvalue weighted by molar-refractivity contribution is -0.160. The Bertz CT molecular complexity index is 1450. The molecule has 0 amide bonds. The molecule has 39 heavy (non-hydrogen) atoms. The molecule has 1 aliphatic heterocycles. The molecular weight excluding hydrogens is 503 g/mol. The van der Waals surface area contributed by atoms with Gasteiger partial charge in [0.25, 0.3) is 0 Å². The van der Waals surface area contributed by atoms with Gasteiger partial charge in [-0.05, 0) is 63.1 Å². The van der Waals surface area contributed by atoms with Crippen molar-refractivity contribution in [2.45, 2.75) is 56.4 Å². The topological polar surface area (TPSA) is 69.5 Å². The Morgan fingerprint density at radius 3 is 2.21 bits per heavy atom. The molecule has 2 aliphatic rings. The van der Waals surface area contributed by atoms with Crippen LogP contribution in [0.1, 0.15) is 60.3 Å². The predicted octanol–water partition coefficient (Wildman–Crippen LogP) is 4.83. The Morgan fingerprint density at radius 2 is 1.64 bits per heavy atom. The second-order valence-corrected chi connectivity index (χ2v) is 11.5. The lowest BCUT2D eigenvalue weighted by atomic mass is 9.62. The molecule has 1 aliphatic carbocycles. The average Bonchev–Trinajstić information content (AvgIpc) is 3.69. The van der Waals surface area contributed by atoms with Gasteiger partial charge in [0, 0.05) is 47.7 Å². The van der Waals surface area contributed by atoms with Crippen molar-refractivity contribution in [1.82, 2.24) is 14.9 Å². The summed E-state index contributed by atoms with van der Waals surface area (Å²) in [5, 5.41) is 23.3. The molecule has 2 fully saturated rings. The Hall–Kier alpha value is -3.25. The van der Waals surface area contributed by atoms with E-state index in [-0.39, 0.29) is 18.4 Å². The fourth-order valence-corrected chi connectivity index (χ4v) is 5.91. The summed E-state index contributed by atoms with van der Waals surface area (Å²) in [6.07, 6.45) is -1.03. The first-order chi connectivity index (χ1) is 18.2. The number of aryl methyl sites for hydroxylation is 1. The van der Waals surface area contributed by atoms with Crippen molar-refractivity contribution in [3.63, 3.8) is 0 Å². The number of hydrogen-bond acceptors (Lipinski definition) is 5. The summed E-state index contributed by atoms with van der Waals surface area (Å²) >= 11 is 0. The molecule has 3 aromatic rings. The number of hydrogen-bond donors (Lipinski definition) is 2. The summed E-state index contributed by atoms with van der Waals surface area (Å²) in [5.41, 5.74) is -2.55. The number of nitrogens with zero attached hydrogens (tertiary/aromatic N) is 3. The van der Waals surface area contributed by atoms with Gasteiger partial charge in [-0.25, -0.2) is 0 Å². The number of halogens is 3. The van der Waals surface area contributed by atoms with E-state index in [2.05, 4.69) is 26.7 Å². The number of aliphatic hydroxyl groups is 2. The molecule has 3 heterocycles. The summed E-state index contributed by atoms with van der Waals surface area (Å²) < 4.78 is 41.1. The summed E-state index contributed by atoms with van der Waals surface area (Å²) in [7, 11) is 1.95. The minimum Gasteiger partial charge on any atom is -0.380 e. The van der Waals surface area contributed by atoms with E-state index in [1.165, 1.54) is 12.1 Å². The molecule has 5 nitrogen and oxygen atoms in total. The zero-order chi connectivity index (χ0) is 28.3. The number of benzene rings is 1. The standard InChI is InChI=1S/C31H32F3N3O2/c1-21-6-5-7-26(36-21)28(3,38)13-12-22-16-25(18-35-17-22)30(39,27(2)19-37(4)20-27)24-10-8-23(9-11-24)29(14-15-29)31(32,33)34/h5-11,16-18,38-39H,14-15,19-20H2,1-4H3. The van der Waals surface area contributed by atoms with E-state index < -0.39 is 28.2 Å². The van der Waals surface area contributed by atoms with Gasteiger partial charge < -0.3 is 15.1 Å². The fourth-order valence-electron chi connectivity index (χ4n) is 5.91. The zero-order valence-electron chi connectivity index (χ0n) is 22.5. The molecule has 2 unspecified atom stereocenters. The van der Waals surface area contributed by atoms with Crippen LogP contribution in [0.2, 0.25) is 0 Å². The van der Waals surface area contributed by atoms with Crippen LogP contribution in [0.15, 0.2) is 60.9 Å². The molecule has 0 bridgehead atoms. The second kappa shape index (κ2) is 9.16. The maximum absolute atomic E-state index is 13.7. The van der Waals surface area contributed by atoms with E-state index in [1.807, 2.05) is 27.0 Å². The zero-order valence-corrected chi connectivity index (χ0v) is 22.5. The van der Waals surface area contributed by atoms with Gasteiger partial charge in [-0.15, -0.1) is 0 Å². The van der Waals surface area contributed by atoms with Gasteiger partial charge in [-0.3, -0.25) is 9.97 Å². The van der Waals surface area contributed by atoms with E-state index in [9.17, 15) is 23.4 Å². The lowest BCUT2D eigenvalue weighted by Crippen LogP contribution is -2.63. The number of pyridine rings is 2. The smallest absolute Gasteiger partial charge is 0.380 e.